The Balaban J connectivity index is 2.10. The van der Waals surface area contributed by atoms with E-state index in [1.807, 2.05) is 0 Å². The third-order valence-electron chi connectivity index (χ3n) is 4.00. The van der Waals surface area contributed by atoms with Crippen LogP contribution < -0.4 is 11.2 Å². The number of ether oxygens (including phenoxy) is 1. The maximum atomic E-state index is 12.2. The maximum absolute atomic E-state index is 12.2. The number of morpholine rings is 1. The van der Waals surface area contributed by atoms with E-state index in [9.17, 15) is 9.59 Å². The third-order valence-corrected chi connectivity index (χ3v) is 4.00. The maximum Gasteiger partial charge on any atom is 0.329 e. The number of aromatic amines is 1. The van der Waals surface area contributed by atoms with Crippen LogP contribution in [0.3, 0.4) is 0 Å². The zero-order valence-electron chi connectivity index (χ0n) is 12.9. The van der Waals surface area contributed by atoms with Crippen LogP contribution in [-0.4, -0.2) is 50.3 Å². The Bertz CT molecular complexity index is 865. The molecule has 0 aliphatic carbocycles. The van der Waals surface area contributed by atoms with Gasteiger partial charge in [-0.3, -0.25) is 19.2 Å². The van der Waals surface area contributed by atoms with Crippen molar-refractivity contribution in [2.45, 2.75) is 19.5 Å². The number of hydrogen-bond donors (Lipinski definition) is 1. The van der Waals surface area contributed by atoms with Gasteiger partial charge in [0.1, 0.15) is 5.82 Å². The van der Waals surface area contributed by atoms with E-state index in [2.05, 4.69) is 20.9 Å². The van der Waals surface area contributed by atoms with E-state index in [0.29, 0.717) is 43.3 Å². The molecule has 1 saturated heterocycles. The predicted octanol–water partition coefficient (Wildman–Crippen LogP) is -0.831. The predicted molar refractivity (Wildman–Crippen MR) is 81.9 cm³/mol. The Morgan fingerprint density at radius 3 is 2.78 bits per heavy atom. The zero-order chi connectivity index (χ0) is 16.4. The van der Waals surface area contributed by atoms with E-state index in [-0.39, 0.29) is 6.42 Å². The van der Waals surface area contributed by atoms with Crippen molar-refractivity contribution in [2.24, 2.45) is 7.05 Å². The summed E-state index contributed by atoms with van der Waals surface area (Å²) in [6.07, 6.45) is 0.268. The fourth-order valence-electron chi connectivity index (χ4n) is 2.76. The van der Waals surface area contributed by atoms with Crippen LogP contribution in [0.1, 0.15) is 12.2 Å². The number of nitrogens with zero attached hydrogens (tertiary/aromatic N) is 5. The highest BCUT2D eigenvalue weighted by molar-refractivity contribution is 5.70. The molecule has 23 heavy (non-hydrogen) atoms. The summed E-state index contributed by atoms with van der Waals surface area (Å²) in [5, 5.41) is 8.87. The second-order valence-electron chi connectivity index (χ2n) is 5.47. The van der Waals surface area contributed by atoms with E-state index in [1.165, 1.54) is 4.57 Å². The molecular weight excluding hydrogens is 300 g/mol. The summed E-state index contributed by atoms with van der Waals surface area (Å²) >= 11 is 0. The molecule has 3 heterocycles. The highest BCUT2D eigenvalue weighted by Gasteiger charge is 2.20. The van der Waals surface area contributed by atoms with Crippen molar-refractivity contribution in [1.82, 2.24) is 24.0 Å². The van der Waals surface area contributed by atoms with Crippen LogP contribution in [0.5, 0.6) is 0 Å². The lowest BCUT2D eigenvalue weighted by Crippen LogP contribution is -2.36. The summed E-state index contributed by atoms with van der Waals surface area (Å²) in [6.45, 7) is 3.83. The van der Waals surface area contributed by atoms with Gasteiger partial charge in [0, 0.05) is 26.7 Å². The molecule has 1 N–H and O–H groups in total. The van der Waals surface area contributed by atoms with Crippen LogP contribution >= 0.6 is 0 Å². The zero-order valence-corrected chi connectivity index (χ0v) is 12.9. The number of nitrogens with one attached hydrogen (secondary N) is 1. The quantitative estimate of drug-likeness (QED) is 0.788. The number of hydrogen-bond acceptors (Lipinski definition) is 6. The van der Waals surface area contributed by atoms with Crippen LogP contribution in [0.4, 0.5) is 0 Å². The van der Waals surface area contributed by atoms with Crippen LogP contribution in [0.15, 0.2) is 9.59 Å². The van der Waals surface area contributed by atoms with E-state index >= 15 is 0 Å². The molecule has 0 saturated carbocycles. The van der Waals surface area contributed by atoms with Gasteiger partial charge in [-0.15, -0.1) is 0 Å². The number of aryl methyl sites for hydroxylation is 2. The molecular formula is C14H18N6O3. The molecule has 9 nitrogen and oxygen atoms in total. The largest absolute Gasteiger partial charge is 0.379 e. The summed E-state index contributed by atoms with van der Waals surface area (Å²) < 4.78 is 8.40. The molecule has 0 amide bonds. The highest BCUT2D eigenvalue weighted by atomic mass is 16.5. The molecule has 9 heteroatoms. The minimum Gasteiger partial charge on any atom is -0.379 e. The lowest BCUT2D eigenvalue weighted by Gasteiger charge is -2.26. The van der Waals surface area contributed by atoms with Gasteiger partial charge in [-0.05, 0) is 0 Å². The number of fused-ring (bicyclic) bond motifs is 1. The normalized spacial score (nSPS) is 15.8. The minimum absolute atomic E-state index is 0.268. The molecule has 3 rings (SSSR count). The number of imidazole rings is 1. The van der Waals surface area contributed by atoms with E-state index < -0.39 is 11.2 Å². The molecule has 1 aliphatic rings. The topological polar surface area (TPSA) is 109 Å². The molecule has 0 bridgehead atoms. The number of nitriles is 1. The SMILES string of the molecule is Cn1c(=O)[nH]c(=O)c2c1nc(CN1CCOCC1)n2CCC#N. The first-order chi connectivity index (χ1) is 11.1. The van der Waals surface area contributed by atoms with E-state index in [4.69, 9.17) is 10.00 Å². The first-order valence-electron chi connectivity index (χ1n) is 7.47. The van der Waals surface area contributed by atoms with Crippen LogP contribution in [-0.2, 0) is 24.9 Å². The molecule has 0 aromatic carbocycles. The van der Waals surface area contributed by atoms with Crippen LogP contribution in [0.2, 0.25) is 0 Å². The smallest absolute Gasteiger partial charge is 0.329 e. The summed E-state index contributed by atoms with van der Waals surface area (Å²) in [5.74, 6) is 0.684. The standard InChI is InChI=1S/C14H18N6O3/c1-18-12-11(13(21)17-14(18)22)20(4-2-3-15)10(16-12)9-19-5-7-23-8-6-19/h2,4-9H2,1H3,(H,17,21,22). The van der Waals surface area contributed by atoms with Crippen molar-refractivity contribution in [2.75, 3.05) is 26.3 Å². The molecule has 2 aromatic rings. The van der Waals surface area contributed by atoms with Gasteiger partial charge in [-0.2, -0.15) is 5.26 Å². The number of rotatable bonds is 4. The number of aromatic nitrogens is 4. The van der Waals surface area contributed by atoms with Crippen molar-refractivity contribution < 1.29 is 4.74 Å². The Morgan fingerprint density at radius 2 is 2.09 bits per heavy atom. The Labute approximate surface area is 131 Å². The molecule has 1 aliphatic heterocycles. The monoisotopic (exact) mass is 318 g/mol. The second-order valence-corrected chi connectivity index (χ2v) is 5.47. The molecule has 0 spiro atoms. The van der Waals surface area contributed by atoms with Crippen molar-refractivity contribution in [3.05, 3.63) is 26.7 Å². The van der Waals surface area contributed by atoms with E-state index in [0.717, 1.165) is 13.1 Å². The average Bonchev–Trinajstić information content (AvgIpc) is 2.90. The fraction of sp³-hybridized carbons (Fsp3) is 0.571. The molecule has 122 valence electrons. The van der Waals surface area contributed by atoms with Gasteiger partial charge >= 0.3 is 5.69 Å². The second kappa shape index (κ2) is 6.36. The van der Waals surface area contributed by atoms with Crippen molar-refractivity contribution in [1.29, 1.82) is 5.26 Å². The van der Waals surface area contributed by atoms with Gasteiger partial charge in [-0.25, -0.2) is 9.78 Å². The first kappa shape index (κ1) is 15.5. The summed E-state index contributed by atoms with van der Waals surface area (Å²) in [4.78, 5) is 32.9. The van der Waals surface area contributed by atoms with E-state index in [1.54, 1.807) is 11.6 Å². The summed E-state index contributed by atoms with van der Waals surface area (Å²) in [6, 6.07) is 2.08. The molecule has 2 aromatic heterocycles. The van der Waals surface area contributed by atoms with Gasteiger partial charge in [0.2, 0.25) is 0 Å². The minimum atomic E-state index is -0.495. The van der Waals surface area contributed by atoms with Crippen molar-refractivity contribution in [3.8, 4) is 6.07 Å². The third kappa shape index (κ3) is 2.91. The lowest BCUT2D eigenvalue weighted by atomic mass is 10.4. The summed E-state index contributed by atoms with van der Waals surface area (Å²) in [7, 11) is 1.57. The van der Waals surface area contributed by atoms with Gasteiger partial charge in [0.25, 0.3) is 5.56 Å². The number of H-pyrrole nitrogens is 1. The first-order valence-corrected chi connectivity index (χ1v) is 7.47. The Hall–Kier alpha value is -2.44. The lowest BCUT2D eigenvalue weighted by molar-refractivity contribution is 0.0326. The highest BCUT2D eigenvalue weighted by Crippen LogP contribution is 2.14. The average molecular weight is 318 g/mol. The van der Waals surface area contributed by atoms with Gasteiger partial charge in [0.05, 0.1) is 32.2 Å². The van der Waals surface area contributed by atoms with Crippen LogP contribution in [0, 0.1) is 11.3 Å². The molecule has 0 radical (unpaired) electrons. The van der Waals surface area contributed by atoms with Crippen LogP contribution in [0.25, 0.3) is 11.2 Å². The fourth-order valence-corrected chi connectivity index (χ4v) is 2.76. The van der Waals surface area contributed by atoms with Gasteiger partial charge in [-0.1, -0.05) is 0 Å². The molecule has 0 unspecified atom stereocenters. The van der Waals surface area contributed by atoms with Crippen molar-refractivity contribution in [3.63, 3.8) is 0 Å². The Morgan fingerprint density at radius 1 is 1.35 bits per heavy atom. The summed E-state index contributed by atoms with van der Waals surface area (Å²) in [5.41, 5.74) is -0.280. The molecule has 0 atom stereocenters. The van der Waals surface area contributed by atoms with Gasteiger partial charge < -0.3 is 9.30 Å². The Kier molecular flexibility index (Phi) is 4.27. The van der Waals surface area contributed by atoms with Crippen molar-refractivity contribution >= 4 is 11.2 Å². The molecule has 1 fully saturated rings. The van der Waals surface area contributed by atoms with Gasteiger partial charge in [0.15, 0.2) is 11.2 Å².